The Labute approximate surface area is 152 Å². The Bertz CT molecular complexity index is 320. The summed E-state index contributed by atoms with van der Waals surface area (Å²) in [5, 5.41) is 0. The number of hydrogen-bond donors (Lipinski definition) is 0. The van der Waals surface area contributed by atoms with Crippen LogP contribution in [0.1, 0.15) is 111 Å². The lowest BCUT2D eigenvalue weighted by Crippen LogP contribution is -2.03. The van der Waals surface area contributed by atoms with Gasteiger partial charge in [-0.05, 0) is 51.4 Å². The van der Waals surface area contributed by atoms with E-state index in [-0.39, 0.29) is 0 Å². The molecule has 0 N–H and O–H groups in total. The number of unbranched alkanes of at least 4 members (excludes halogenated alkanes) is 9. The van der Waals surface area contributed by atoms with Crippen molar-refractivity contribution in [1.29, 1.82) is 0 Å². The Kier molecular flexibility index (Phi) is 12.9. The van der Waals surface area contributed by atoms with E-state index in [1.807, 2.05) is 0 Å². The number of hydrogen-bond acceptors (Lipinski definition) is 0. The molecule has 137 valence electrons. The van der Waals surface area contributed by atoms with Gasteiger partial charge in [0.2, 0.25) is 0 Å². The summed E-state index contributed by atoms with van der Waals surface area (Å²) < 4.78 is 0. The predicted molar refractivity (Wildman–Crippen MR) is 110 cm³/mol. The first-order valence-corrected chi connectivity index (χ1v) is 10.7. The van der Waals surface area contributed by atoms with Gasteiger partial charge in [0.05, 0.1) is 0 Å². The third kappa shape index (κ3) is 10.2. The largest absolute Gasteiger partial charge is 0.0847 e. The van der Waals surface area contributed by atoms with Crippen molar-refractivity contribution < 1.29 is 0 Å². The molecule has 1 aliphatic rings. The average Bonchev–Trinajstić information content (AvgIpc) is 2.59. The van der Waals surface area contributed by atoms with E-state index in [9.17, 15) is 0 Å². The van der Waals surface area contributed by atoms with Gasteiger partial charge in [0.1, 0.15) is 0 Å². The SMILES string of the molecule is CCCCCC=C1[CH]C(=CCCCCC)CC(=CCCCCC)C1. The summed E-state index contributed by atoms with van der Waals surface area (Å²) in [4.78, 5) is 0. The molecular weight excluding hydrogens is 288 g/mol. The zero-order valence-electron chi connectivity index (χ0n) is 16.7. The molecule has 0 heterocycles. The molecule has 24 heavy (non-hydrogen) atoms. The van der Waals surface area contributed by atoms with E-state index in [1.165, 1.54) is 89.9 Å². The summed E-state index contributed by atoms with van der Waals surface area (Å²) in [6.45, 7) is 6.86. The van der Waals surface area contributed by atoms with Crippen LogP contribution in [0.25, 0.3) is 0 Å². The van der Waals surface area contributed by atoms with Gasteiger partial charge in [-0.15, -0.1) is 0 Å². The molecule has 1 rings (SSSR count). The van der Waals surface area contributed by atoms with Gasteiger partial charge in [-0.2, -0.15) is 0 Å². The Morgan fingerprint density at radius 1 is 0.625 bits per heavy atom. The summed E-state index contributed by atoms with van der Waals surface area (Å²) in [5.41, 5.74) is 4.80. The fourth-order valence-corrected chi connectivity index (χ4v) is 3.40. The van der Waals surface area contributed by atoms with Gasteiger partial charge in [0.25, 0.3) is 0 Å². The van der Waals surface area contributed by atoms with E-state index in [4.69, 9.17) is 0 Å². The van der Waals surface area contributed by atoms with Crippen LogP contribution in [0.3, 0.4) is 0 Å². The van der Waals surface area contributed by atoms with Crippen LogP contribution in [0.5, 0.6) is 0 Å². The minimum atomic E-state index is 1.20. The highest BCUT2D eigenvalue weighted by Crippen LogP contribution is 2.32. The first-order chi connectivity index (χ1) is 11.8. The fourth-order valence-electron chi connectivity index (χ4n) is 3.40. The smallest absolute Gasteiger partial charge is 0.0116 e. The normalized spacial score (nSPS) is 18.5. The quantitative estimate of drug-likeness (QED) is 0.248. The van der Waals surface area contributed by atoms with Crippen molar-refractivity contribution in [2.24, 2.45) is 0 Å². The van der Waals surface area contributed by atoms with Crippen LogP contribution < -0.4 is 0 Å². The summed E-state index contributed by atoms with van der Waals surface area (Å²) in [6, 6.07) is 0. The van der Waals surface area contributed by atoms with E-state index in [1.54, 1.807) is 16.7 Å². The van der Waals surface area contributed by atoms with Crippen molar-refractivity contribution in [2.45, 2.75) is 111 Å². The summed E-state index contributed by atoms with van der Waals surface area (Å²) in [5.74, 6) is 0. The maximum Gasteiger partial charge on any atom is 0.0116 e. The van der Waals surface area contributed by atoms with Crippen LogP contribution >= 0.6 is 0 Å². The second-order valence-electron chi connectivity index (χ2n) is 7.41. The Balaban J connectivity index is 2.60. The van der Waals surface area contributed by atoms with Gasteiger partial charge in [-0.3, -0.25) is 0 Å². The molecule has 0 atom stereocenters. The van der Waals surface area contributed by atoms with Gasteiger partial charge in [-0.1, -0.05) is 94.2 Å². The van der Waals surface area contributed by atoms with E-state index in [0.29, 0.717) is 0 Å². The fraction of sp³-hybridized carbons (Fsp3) is 0.708. The highest BCUT2D eigenvalue weighted by molar-refractivity contribution is 5.41. The van der Waals surface area contributed by atoms with Crippen LogP contribution in [-0.2, 0) is 0 Å². The molecule has 0 heteroatoms. The Morgan fingerprint density at radius 2 is 1.04 bits per heavy atom. The van der Waals surface area contributed by atoms with Crippen LogP contribution in [0.2, 0.25) is 0 Å². The lowest BCUT2D eigenvalue weighted by Gasteiger charge is -2.21. The second-order valence-corrected chi connectivity index (χ2v) is 7.41. The topological polar surface area (TPSA) is 0 Å². The lowest BCUT2D eigenvalue weighted by atomic mass is 9.84. The molecule has 0 aromatic heterocycles. The summed E-state index contributed by atoms with van der Waals surface area (Å²) >= 11 is 0. The van der Waals surface area contributed by atoms with Gasteiger partial charge in [0.15, 0.2) is 0 Å². The zero-order valence-corrected chi connectivity index (χ0v) is 16.7. The minimum Gasteiger partial charge on any atom is -0.0847 e. The molecule has 0 spiro atoms. The van der Waals surface area contributed by atoms with Crippen LogP contribution in [0.4, 0.5) is 0 Å². The molecule has 1 fully saturated rings. The van der Waals surface area contributed by atoms with Crippen molar-refractivity contribution in [3.63, 3.8) is 0 Å². The van der Waals surface area contributed by atoms with Crippen LogP contribution in [0.15, 0.2) is 34.9 Å². The molecule has 0 nitrogen and oxygen atoms in total. The molecule has 0 aromatic carbocycles. The van der Waals surface area contributed by atoms with E-state index < -0.39 is 0 Å². The molecule has 1 aliphatic carbocycles. The van der Waals surface area contributed by atoms with Gasteiger partial charge in [0, 0.05) is 6.42 Å². The van der Waals surface area contributed by atoms with Gasteiger partial charge in [-0.25, -0.2) is 0 Å². The minimum absolute atomic E-state index is 1.20. The zero-order chi connectivity index (χ0) is 17.5. The standard InChI is InChI=1S/C24H41/c1-4-7-10-13-16-22-19-23(17-14-11-8-5-2)21-24(20-22)18-15-12-9-6-3/h16-19H,4-15,20-21H2,1-3H3. The third-order valence-electron chi connectivity index (χ3n) is 4.90. The van der Waals surface area contributed by atoms with Crippen molar-refractivity contribution in [2.75, 3.05) is 0 Å². The monoisotopic (exact) mass is 329 g/mol. The van der Waals surface area contributed by atoms with Gasteiger partial charge >= 0.3 is 0 Å². The van der Waals surface area contributed by atoms with Crippen molar-refractivity contribution in [1.82, 2.24) is 0 Å². The number of rotatable bonds is 12. The van der Waals surface area contributed by atoms with E-state index in [2.05, 4.69) is 45.4 Å². The summed E-state index contributed by atoms with van der Waals surface area (Å²) in [6.07, 6.45) is 28.3. The lowest BCUT2D eigenvalue weighted by molar-refractivity contribution is 0.717. The highest BCUT2D eigenvalue weighted by atomic mass is 14.2. The third-order valence-corrected chi connectivity index (χ3v) is 4.90. The molecule has 1 saturated carbocycles. The first-order valence-electron chi connectivity index (χ1n) is 10.7. The van der Waals surface area contributed by atoms with Crippen molar-refractivity contribution in [3.8, 4) is 0 Å². The highest BCUT2D eigenvalue weighted by Gasteiger charge is 2.14. The van der Waals surface area contributed by atoms with Crippen molar-refractivity contribution >= 4 is 0 Å². The molecule has 0 amide bonds. The molecule has 0 bridgehead atoms. The Hall–Kier alpha value is -0.780. The Morgan fingerprint density at radius 3 is 1.46 bits per heavy atom. The maximum atomic E-state index is 2.54. The van der Waals surface area contributed by atoms with Crippen LogP contribution in [-0.4, -0.2) is 0 Å². The average molecular weight is 330 g/mol. The molecule has 0 saturated heterocycles. The second kappa shape index (κ2) is 14.6. The van der Waals surface area contributed by atoms with E-state index in [0.717, 1.165) is 0 Å². The molecular formula is C24H41. The summed E-state index contributed by atoms with van der Waals surface area (Å²) in [7, 11) is 0. The number of allylic oxidation sites excluding steroid dienone is 6. The molecule has 0 aliphatic heterocycles. The van der Waals surface area contributed by atoms with Gasteiger partial charge < -0.3 is 0 Å². The maximum absolute atomic E-state index is 2.54. The molecule has 1 radical (unpaired) electrons. The predicted octanol–water partition coefficient (Wildman–Crippen LogP) is 8.50. The van der Waals surface area contributed by atoms with E-state index >= 15 is 0 Å². The van der Waals surface area contributed by atoms with Crippen molar-refractivity contribution in [3.05, 3.63) is 41.4 Å². The first kappa shape index (κ1) is 21.3. The molecule has 0 unspecified atom stereocenters. The van der Waals surface area contributed by atoms with Crippen LogP contribution in [0, 0.1) is 6.42 Å². The molecule has 0 aromatic rings.